The zero-order valence-electron chi connectivity index (χ0n) is 6.71. The van der Waals surface area contributed by atoms with Gasteiger partial charge in [-0.2, -0.15) is 0 Å². The lowest BCUT2D eigenvalue weighted by Gasteiger charge is -1.89. The summed E-state index contributed by atoms with van der Waals surface area (Å²) in [7, 11) is 0. The Bertz CT molecular complexity index is 71.3. The van der Waals surface area contributed by atoms with Crippen LogP contribution in [0.3, 0.4) is 0 Å². The molecule has 0 saturated carbocycles. The van der Waals surface area contributed by atoms with Crippen LogP contribution in [0.5, 0.6) is 0 Å². The van der Waals surface area contributed by atoms with Gasteiger partial charge < -0.3 is 5.11 Å². The highest BCUT2D eigenvalue weighted by molar-refractivity contribution is 5.56. The number of hydrogen-bond acceptors (Lipinski definition) is 2. The molecule has 0 aromatic rings. The zero-order chi connectivity index (χ0) is 7.66. The van der Waals surface area contributed by atoms with E-state index in [-0.39, 0.29) is 6.61 Å². The maximum Gasteiger partial charge on any atom is 0.0448 e. The molecule has 0 atom stereocenters. The van der Waals surface area contributed by atoms with E-state index >= 15 is 0 Å². The fourth-order valence-corrected chi connectivity index (χ4v) is 0.640. The van der Waals surface area contributed by atoms with Crippen molar-refractivity contribution in [2.75, 3.05) is 13.2 Å². The van der Waals surface area contributed by atoms with Crippen molar-refractivity contribution in [3.05, 3.63) is 0 Å². The van der Waals surface area contributed by atoms with Crippen LogP contribution in [0.15, 0.2) is 4.99 Å². The van der Waals surface area contributed by atoms with Gasteiger partial charge in [-0.05, 0) is 25.5 Å². The molecule has 2 heteroatoms. The third-order valence-corrected chi connectivity index (χ3v) is 1.26. The molecular weight excluding hydrogens is 126 g/mol. The molecule has 0 spiro atoms. The lowest BCUT2D eigenvalue weighted by Crippen LogP contribution is -1.87. The molecule has 0 saturated heterocycles. The van der Waals surface area contributed by atoms with Crippen LogP contribution in [0, 0.1) is 0 Å². The number of unbranched alkanes of at least 4 members (excludes halogenated alkanes) is 2. The Hall–Kier alpha value is -0.370. The molecule has 0 aliphatic carbocycles. The minimum atomic E-state index is 0.255. The third kappa shape index (κ3) is 7.63. The van der Waals surface area contributed by atoms with Crippen molar-refractivity contribution < 1.29 is 5.11 Å². The maximum atomic E-state index is 8.40. The first-order valence-corrected chi connectivity index (χ1v) is 4.01. The Kier molecular flexibility index (Phi) is 8.31. The lowest BCUT2D eigenvalue weighted by molar-refractivity contribution is 0.291. The average Bonchev–Trinajstić information content (AvgIpc) is 1.97. The lowest BCUT2D eigenvalue weighted by atomic mass is 10.3. The highest BCUT2D eigenvalue weighted by atomic mass is 16.2. The zero-order valence-corrected chi connectivity index (χ0v) is 6.71. The molecule has 0 radical (unpaired) electrons. The summed E-state index contributed by atoms with van der Waals surface area (Å²) in [6.07, 6.45) is 6.29. The van der Waals surface area contributed by atoms with Crippen LogP contribution in [0.2, 0.25) is 0 Å². The molecule has 0 aliphatic heterocycles. The fraction of sp³-hybridized carbons (Fsp3) is 0.875. The Morgan fingerprint density at radius 1 is 1.40 bits per heavy atom. The largest absolute Gasteiger partial charge is 0.396 e. The summed E-state index contributed by atoms with van der Waals surface area (Å²) in [4.78, 5) is 4.11. The molecular formula is C8H17NO. The molecule has 0 aromatic heterocycles. The van der Waals surface area contributed by atoms with Crippen LogP contribution < -0.4 is 0 Å². The summed E-state index contributed by atoms with van der Waals surface area (Å²) in [5.41, 5.74) is 0. The van der Waals surface area contributed by atoms with Crippen molar-refractivity contribution >= 4 is 6.21 Å². The molecule has 0 bridgehead atoms. The van der Waals surface area contributed by atoms with Crippen LogP contribution in [-0.2, 0) is 0 Å². The molecule has 10 heavy (non-hydrogen) atoms. The van der Waals surface area contributed by atoms with E-state index in [2.05, 4.69) is 11.9 Å². The van der Waals surface area contributed by atoms with Gasteiger partial charge in [0.1, 0.15) is 0 Å². The number of aliphatic hydroxyl groups is 1. The highest BCUT2D eigenvalue weighted by Crippen LogP contribution is 1.89. The SMILES string of the molecule is CCCCC=NCCCO. The van der Waals surface area contributed by atoms with Crippen LogP contribution >= 0.6 is 0 Å². The number of rotatable bonds is 6. The standard InChI is InChI=1S/C8H17NO/c1-2-3-4-6-9-7-5-8-10/h6,10H,2-5,7-8H2,1H3. The second kappa shape index (κ2) is 8.63. The van der Waals surface area contributed by atoms with Crippen LogP contribution in [0.25, 0.3) is 0 Å². The van der Waals surface area contributed by atoms with Crippen molar-refractivity contribution in [2.24, 2.45) is 4.99 Å². The van der Waals surface area contributed by atoms with Gasteiger partial charge >= 0.3 is 0 Å². The smallest absolute Gasteiger partial charge is 0.0448 e. The summed E-state index contributed by atoms with van der Waals surface area (Å²) in [6.45, 7) is 3.20. The molecule has 0 aromatic carbocycles. The molecule has 0 fully saturated rings. The number of aliphatic hydroxyl groups excluding tert-OH is 1. The fourth-order valence-electron chi connectivity index (χ4n) is 0.640. The van der Waals surface area contributed by atoms with Gasteiger partial charge in [-0.1, -0.05) is 13.3 Å². The van der Waals surface area contributed by atoms with E-state index in [1.807, 2.05) is 6.21 Å². The molecule has 1 N–H and O–H groups in total. The molecule has 2 nitrogen and oxygen atoms in total. The Morgan fingerprint density at radius 2 is 2.20 bits per heavy atom. The van der Waals surface area contributed by atoms with E-state index in [1.54, 1.807) is 0 Å². The van der Waals surface area contributed by atoms with E-state index in [1.165, 1.54) is 12.8 Å². The number of nitrogens with zero attached hydrogens (tertiary/aromatic N) is 1. The predicted molar refractivity (Wildman–Crippen MR) is 44.6 cm³/mol. The van der Waals surface area contributed by atoms with Gasteiger partial charge in [0, 0.05) is 13.2 Å². The quantitative estimate of drug-likeness (QED) is 0.445. The van der Waals surface area contributed by atoms with Gasteiger partial charge in [0.25, 0.3) is 0 Å². The van der Waals surface area contributed by atoms with Crippen LogP contribution in [-0.4, -0.2) is 24.5 Å². The molecule has 0 amide bonds. The Morgan fingerprint density at radius 3 is 2.80 bits per heavy atom. The number of hydrogen-bond donors (Lipinski definition) is 1. The molecule has 0 unspecified atom stereocenters. The van der Waals surface area contributed by atoms with Crippen molar-refractivity contribution in [3.8, 4) is 0 Å². The Balaban J connectivity index is 2.89. The minimum absolute atomic E-state index is 0.255. The summed E-state index contributed by atoms with van der Waals surface area (Å²) in [5.74, 6) is 0. The van der Waals surface area contributed by atoms with E-state index in [9.17, 15) is 0 Å². The van der Waals surface area contributed by atoms with Crippen molar-refractivity contribution in [3.63, 3.8) is 0 Å². The second-order valence-corrected chi connectivity index (χ2v) is 2.31. The van der Waals surface area contributed by atoms with Gasteiger partial charge in [0.15, 0.2) is 0 Å². The maximum absolute atomic E-state index is 8.40. The molecule has 0 rings (SSSR count). The first-order valence-electron chi connectivity index (χ1n) is 4.01. The molecule has 60 valence electrons. The van der Waals surface area contributed by atoms with Crippen molar-refractivity contribution in [1.29, 1.82) is 0 Å². The van der Waals surface area contributed by atoms with Gasteiger partial charge in [-0.3, -0.25) is 4.99 Å². The molecule has 0 aliphatic rings. The van der Waals surface area contributed by atoms with Crippen molar-refractivity contribution in [2.45, 2.75) is 32.6 Å². The van der Waals surface area contributed by atoms with Gasteiger partial charge in [0.2, 0.25) is 0 Å². The van der Waals surface area contributed by atoms with E-state index in [0.29, 0.717) is 0 Å². The van der Waals surface area contributed by atoms with E-state index < -0.39 is 0 Å². The van der Waals surface area contributed by atoms with E-state index in [0.717, 1.165) is 19.4 Å². The van der Waals surface area contributed by atoms with Gasteiger partial charge in [-0.25, -0.2) is 0 Å². The first-order chi connectivity index (χ1) is 4.91. The summed E-state index contributed by atoms with van der Waals surface area (Å²) >= 11 is 0. The van der Waals surface area contributed by atoms with Gasteiger partial charge in [0.05, 0.1) is 0 Å². The van der Waals surface area contributed by atoms with E-state index in [4.69, 9.17) is 5.11 Å². The summed E-state index contributed by atoms with van der Waals surface area (Å²) < 4.78 is 0. The minimum Gasteiger partial charge on any atom is -0.396 e. The second-order valence-electron chi connectivity index (χ2n) is 2.31. The Labute approximate surface area is 63.0 Å². The monoisotopic (exact) mass is 143 g/mol. The summed E-state index contributed by atoms with van der Waals surface area (Å²) in [5, 5.41) is 8.40. The van der Waals surface area contributed by atoms with Crippen molar-refractivity contribution in [1.82, 2.24) is 0 Å². The first kappa shape index (κ1) is 9.63. The normalized spacial score (nSPS) is 11.0. The topological polar surface area (TPSA) is 32.6 Å². The summed E-state index contributed by atoms with van der Waals surface area (Å²) in [6, 6.07) is 0. The third-order valence-electron chi connectivity index (χ3n) is 1.26. The molecule has 0 heterocycles. The average molecular weight is 143 g/mol. The van der Waals surface area contributed by atoms with Crippen LogP contribution in [0.1, 0.15) is 32.6 Å². The predicted octanol–water partition coefficient (Wildman–Crippen LogP) is 1.63. The van der Waals surface area contributed by atoms with Gasteiger partial charge in [-0.15, -0.1) is 0 Å². The van der Waals surface area contributed by atoms with Crippen LogP contribution in [0.4, 0.5) is 0 Å². The number of aliphatic imine (C=N–C) groups is 1. The highest BCUT2D eigenvalue weighted by Gasteiger charge is 1.79.